The Morgan fingerprint density at radius 2 is 2.10 bits per heavy atom. The van der Waals surface area contributed by atoms with E-state index >= 15 is 0 Å². The third-order valence-corrected chi connectivity index (χ3v) is 4.68. The molecule has 1 aromatic carbocycles. The van der Waals surface area contributed by atoms with Crippen LogP contribution in [0.1, 0.15) is 25.8 Å². The lowest BCUT2D eigenvalue weighted by Crippen LogP contribution is -2.40. The average molecular weight is 331 g/mol. The zero-order valence-corrected chi connectivity index (χ0v) is 13.1. The van der Waals surface area contributed by atoms with E-state index in [1.165, 1.54) is 18.2 Å². The largest absolute Gasteiger partial charge is 0.481 e. The Morgan fingerprint density at radius 3 is 2.52 bits per heavy atom. The molecule has 114 valence electrons. The van der Waals surface area contributed by atoms with Crippen LogP contribution in [0.25, 0.3) is 0 Å². The summed E-state index contributed by atoms with van der Waals surface area (Å²) in [6.45, 7) is 3.45. The fourth-order valence-electron chi connectivity index (χ4n) is 1.62. The zero-order chi connectivity index (χ0) is 16.2. The summed E-state index contributed by atoms with van der Waals surface area (Å²) in [5.41, 5.74) is 0.168. The molecule has 0 bridgehead atoms. The third-order valence-electron chi connectivity index (χ3n) is 2.88. The molecule has 0 aromatic heterocycles. The number of hydrogen-bond donors (Lipinski definition) is 2. The van der Waals surface area contributed by atoms with Gasteiger partial charge in [0, 0.05) is 6.04 Å². The number of nitriles is 1. The van der Waals surface area contributed by atoms with Gasteiger partial charge < -0.3 is 5.11 Å². The van der Waals surface area contributed by atoms with Gasteiger partial charge in [0.15, 0.2) is 0 Å². The van der Waals surface area contributed by atoms with Gasteiger partial charge in [-0.3, -0.25) is 4.79 Å². The molecule has 0 fully saturated rings. The second-order valence-corrected chi connectivity index (χ2v) is 6.94. The number of nitrogens with zero attached hydrogens (tertiary/aromatic N) is 1. The van der Waals surface area contributed by atoms with Gasteiger partial charge in [-0.2, -0.15) is 5.26 Å². The molecule has 8 heteroatoms. The van der Waals surface area contributed by atoms with Crippen molar-refractivity contribution >= 4 is 27.6 Å². The molecule has 0 aliphatic carbocycles. The van der Waals surface area contributed by atoms with Crippen LogP contribution in [-0.2, 0) is 14.8 Å². The minimum Gasteiger partial charge on any atom is -0.481 e. The molecule has 21 heavy (non-hydrogen) atoms. The number of carboxylic acids is 1. The quantitative estimate of drug-likeness (QED) is 0.829. The molecular formula is C13H15ClN2O4S. The molecule has 0 saturated heterocycles. The Morgan fingerprint density at radius 1 is 1.48 bits per heavy atom. The van der Waals surface area contributed by atoms with E-state index in [9.17, 15) is 13.2 Å². The van der Waals surface area contributed by atoms with Crippen molar-refractivity contribution in [2.75, 3.05) is 0 Å². The number of halogens is 1. The summed E-state index contributed by atoms with van der Waals surface area (Å²) in [7, 11) is -3.90. The molecule has 0 amide bonds. The summed E-state index contributed by atoms with van der Waals surface area (Å²) in [4.78, 5) is 10.7. The lowest BCUT2D eigenvalue weighted by Gasteiger charge is -2.20. The van der Waals surface area contributed by atoms with Crippen molar-refractivity contribution < 1.29 is 18.3 Å². The summed E-state index contributed by atoms with van der Waals surface area (Å²) in [6, 6.07) is 4.83. The van der Waals surface area contributed by atoms with E-state index < -0.39 is 22.0 Å². The van der Waals surface area contributed by atoms with Gasteiger partial charge in [0.25, 0.3) is 0 Å². The molecule has 2 N–H and O–H groups in total. The zero-order valence-electron chi connectivity index (χ0n) is 11.5. The van der Waals surface area contributed by atoms with Crippen LogP contribution in [0.5, 0.6) is 0 Å². The summed E-state index contributed by atoms with van der Waals surface area (Å²) >= 11 is 5.81. The summed E-state index contributed by atoms with van der Waals surface area (Å²) < 4.78 is 26.8. The van der Waals surface area contributed by atoms with Gasteiger partial charge in [0.05, 0.1) is 21.9 Å². The number of aliphatic carboxylic acids is 1. The highest BCUT2D eigenvalue weighted by Gasteiger charge is 2.25. The summed E-state index contributed by atoms with van der Waals surface area (Å²) in [5.74, 6) is -1.28. The van der Waals surface area contributed by atoms with Crippen LogP contribution >= 0.6 is 11.6 Å². The number of carbonyl (C=O) groups is 1. The molecule has 0 radical (unpaired) electrons. The minimum absolute atomic E-state index is 0.0275. The fourth-order valence-corrected chi connectivity index (χ4v) is 3.32. The molecule has 1 atom stereocenters. The predicted molar refractivity (Wildman–Crippen MR) is 77.4 cm³/mol. The van der Waals surface area contributed by atoms with Gasteiger partial charge in [-0.05, 0) is 24.1 Å². The average Bonchev–Trinajstić information content (AvgIpc) is 2.36. The fraction of sp³-hybridized carbons (Fsp3) is 0.385. The van der Waals surface area contributed by atoms with Crippen LogP contribution in [0, 0.1) is 17.2 Å². The molecule has 0 aliphatic rings. The predicted octanol–water partition coefficient (Wildman–Crippen LogP) is 1.99. The Bertz CT molecular complexity index is 680. The van der Waals surface area contributed by atoms with Crippen molar-refractivity contribution in [1.82, 2.24) is 4.72 Å². The number of nitrogens with one attached hydrogen (secondary N) is 1. The molecule has 0 spiro atoms. The van der Waals surface area contributed by atoms with E-state index in [-0.39, 0.29) is 27.8 Å². The van der Waals surface area contributed by atoms with E-state index in [1.807, 2.05) is 6.07 Å². The lowest BCUT2D eigenvalue weighted by molar-refractivity contribution is -0.137. The SMILES string of the molecule is CC(C)C(CC(=O)O)NS(=O)(=O)c1ccc(C#N)c(Cl)c1. The van der Waals surface area contributed by atoms with Gasteiger partial charge in [-0.25, -0.2) is 13.1 Å². The van der Waals surface area contributed by atoms with Crippen molar-refractivity contribution in [1.29, 1.82) is 5.26 Å². The first-order valence-electron chi connectivity index (χ1n) is 6.11. The summed E-state index contributed by atoms with van der Waals surface area (Å²) in [5, 5.41) is 17.6. The standard InChI is InChI=1S/C13H15ClN2O4S/c1-8(2)12(6-13(17)18)16-21(19,20)10-4-3-9(7-15)11(14)5-10/h3-5,8,12,16H,6H2,1-2H3,(H,17,18). The van der Waals surface area contributed by atoms with Crippen molar-refractivity contribution in [3.8, 4) is 6.07 Å². The molecule has 1 unspecified atom stereocenters. The van der Waals surface area contributed by atoms with Crippen molar-refractivity contribution in [3.05, 3.63) is 28.8 Å². The van der Waals surface area contributed by atoms with E-state index in [1.54, 1.807) is 13.8 Å². The molecule has 1 aromatic rings. The van der Waals surface area contributed by atoms with Crippen molar-refractivity contribution in [2.24, 2.45) is 5.92 Å². The molecule has 1 rings (SSSR count). The highest BCUT2D eigenvalue weighted by molar-refractivity contribution is 7.89. The Labute approximate surface area is 128 Å². The van der Waals surface area contributed by atoms with Crippen LogP contribution < -0.4 is 4.72 Å². The van der Waals surface area contributed by atoms with E-state index in [2.05, 4.69) is 4.72 Å². The molecule has 0 aliphatic heterocycles. The van der Waals surface area contributed by atoms with Crippen LogP contribution in [0.4, 0.5) is 0 Å². The molecule has 0 heterocycles. The molecule has 6 nitrogen and oxygen atoms in total. The smallest absolute Gasteiger partial charge is 0.304 e. The maximum Gasteiger partial charge on any atom is 0.304 e. The summed E-state index contributed by atoms with van der Waals surface area (Å²) in [6.07, 6.45) is -0.319. The van der Waals surface area contributed by atoms with Crippen molar-refractivity contribution in [3.63, 3.8) is 0 Å². The first-order chi connectivity index (χ1) is 9.67. The Hall–Kier alpha value is -1.62. The lowest BCUT2D eigenvalue weighted by atomic mass is 10.0. The highest BCUT2D eigenvalue weighted by atomic mass is 35.5. The monoisotopic (exact) mass is 330 g/mol. The number of hydrogen-bond acceptors (Lipinski definition) is 4. The van der Waals surface area contributed by atoms with E-state index in [0.29, 0.717) is 0 Å². The number of carboxylic acid groups (broad SMARTS) is 1. The van der Waals surface area contributed by atoms with Crippen LogP contribution in [-0.4, -0.2) is 25.5 Å². The maximum absolute atomic E-state index is 12.2. The van der Waals surface area contributed by atoms with Gasteiger partial charge >= 0.3 is 5.97 Å². The van der Waals surface area contributed by atoms with E-state index in [4.69, 9.17) is 22.0 Å². The topological polar surface area (TPSA) is 107 Å². The minimum atomic E-state index is -3.90. The van der Waals surface area contributed by atoms with E-state index in [0.717, 1.165) is 0 Å². The van der Waals surface area contributed by atoms with Crippen LogP contribution in [0.2, 0.25) is 5.02 Å². The number of rotatable bonds is 6. The van der Waals surface area contributed by atoms with Crippen molar-refractivity contribution in [2.45, 2.75) is 31.2 Å². The Balaban J connectivity index is 3.08. The first-order valence-corrected chi connectivity index (χ1v) is 7.97. The van der Waals surface area contributed by atoms with Gasteiger partial charge in [0.2, 0.25) is 10.0 Å². The Kier molecular flexibility index (Phi) is 5.72. The molecule has 0 saturated carbocycles. The van der Waals surface area contributed by atoms with Gasteiger partial charge in [-0.15, -0.1) is 0 Å². The van der Waals surface area contributed by atoms with Gasteiger partial charge in [-0.1, -0.05) is 25.4 Å². The molecular weight excluding hydrogens is 316 g/mol. The second kappa shape index (κ2) is 6.89. The third kappa shape index (κ3) is 4.70. The normalized spacial score (nSPS) is 12.9. The van der Waals surface area contributed by atoms with Gasteiger partial charge in [0.1, 0.15) is 6.07 Å². The van der Waals surface area contributed by atoms with Crippen LogP contribution in [0.3, 0.4) is 0 Å². The maximum atomic E-state index is 12.2. The van der Waals surface area contributed by atoms with Crippen LogP contribution in [0.15, 0.2) is 23.1 Å². The first kappa shape index (κ1) is 17.4. The number of sulfonamides is 1. The highest BCUT2D eigenvalue weighted by Crippen LogP contribution is 2.21. The number of benzene rings is 1. The second-order valence-electron chi connectivity index (χ2n) is 4.82.